The van der Waals surface area contributed by atoms with Crippen molar-refractivity contribution in [3.63, 3.8) is 0 Å². The van der Waals surface area contributed by atoms with Gasteiger partial charge in [-0.2, -0.15) is 4.98 Å². The molecule has 4 rings (SSSR count). The summed E-state index contributed by atoms with van der Waals surface area (Å²) >= 11 is 0. The predicted molar refractivity (Wildman–Crippen MR) is 121 cm³/mol. The monoisotopic (exact) mass is 436 g/mol. The van der Waals surface area contributed by atoms with Crippen LogP contribution < -0.4 is 15.8 Å². The van der Waals surface area contributed by atoms with E-state index in [1.807, 2.05) is 38.1 Å². The molecule has 1 atom stereocenters. The average molecular weight is 437 g/mol. The van der Waals surface area contributed by atoms with Gasteiger partial charge in [0.1, 0.15) is 5.75 Å². The average Bonchev–Trinajstić information content (AvgIpc) is 3.42. The van der Waals surface area contributed by atoms with Crippen molar-refractivity contribution in [1.82, 2.24) is 15.5 Å². The van der Waals surface area contributed by atoms with Crippen LogP contribution in [-0.2, 0) is 16.0 Å². The van der Waals surface area contributed by atoms with E-state index in [4.69, 9.17) is 19.7 Å². The molecule has 2 aromatic carbocycles. The van der Waals surface area contributed by atoms with Gasteiger partial charge in [-0.15, -0.1) is 0 Å². The van der Waals surface area contributed by atoms with E-state index in [-0.39, 0.29) is 18.1 Å². The minimum atomic E-state index is -0.215. The van der Waals surface area contributed by atoms with Crippen LogP contribution in [0.4, 0.5) is 5.69 Å². The van der Waals surface area contributed by atoms with Crippen LogP contribution in [0, 0.1) is 0 Å². The van der Waals surface area contributed by atoms with Crippen LogP contribution in [0.25, 0.3) is 22.8 Å². The summed E-state index contributed by atoms with van der Waals surface area (Å²) in [5.74, 6) is 1.38. The van der Waals surface area contributed by atoms with E-state index in [0.717, 1.165) is 24.0 Å². The Morgan fingerprint density at radius 3 is 2.91 bits per heavy atom. The van der Waals surface area contributed by atoms with Crippen LogP contribution in [-0.4, -0.2) is 35.9 Å². The summed E-state index contributed by atoms with van der Waals surface area (Å²) in [5.41, 5.74) is 10.8. The van der Waals surface area contributed by atoms with Gasteiger partial charge < -0.3 is 25.0 Å². The molecule has 0 radical (unpaired) electrons. The topological polar surface area (TPSA) is 112 Å². The summed E-state index contributed by atoms with van der Waals surface area (Å²) in [4.78, 5) is 16.0. The maximum absolute atomic E-state index is 11.4. The second kappa shape index (κ2) is 9.40. The number of benzene rings is 2. The number of aromatic nitrogens is 2. The van der Waals surface area contributed by atoms with Crippen LogP contribution in [0.1, 0.15) is 43.9 Å². The summed E-state index contributed by atoms with van der Waals surface area (Å²) < 4.78 is 16.0. The fraction of sp³-hybridized carbons (Fsp3) is 0.375. The van der Waals surface area contributed by atoms with Crippen molar-refractivity contribution < 1.29 is 18.8 Å². The Morgan fingerprint density at radius 1 is 1.31 bits per heavy atom. The zero-order valence-electron chi connectivity index (χ0n) is 18.6. The number of fused-ring (bicyclic) bond motifs is 1. The number of rotatable bonds is 8. The Morgan fingerprint density at radius 2 is 2.16 bits per heavy atom. The molecule has 1 aliphatic rings. The van der Waals surface area contributed by atoms with E-state index in [0.29, 0.717) is 36.1 Å². The zero-order chi connectivity index (χ0) is 22.7. The summed E-state index contributed by atoms with van der Waals surface area (Å²) in [5, 5.41) is 7.67. The molecule has 3 aromatic rings. The summed E-state index contributed by atoms with van der Waals surface area (Å²) in [7, 11) is 1.40. The number of hydrogen-bond donors (Lipinski definition) is 2. The van der Waals surface area contributed by atoms with Gasteiger partial charge in [-0.25, -0.2) is 0 Å². The van der Waals surface area contributed by atoms with Gasteiger partial charge in [0.05, 0.1) is 25.3 Å². The molecule has 1 unspecified atom stereocenters. The Bertz CT molecular complexity index is 1110. The summed E-state index contributed by atoms with van der Waals surface area (Å²) in [6.45, 7) is 4.48. The van der Waals surface area contributed by atoms with Gasteiger partial charge >= 0.3 is 5.97 Å². The van der Waals surface area contributed by atoms with E-state index in [9.17, 15) is 4.79 Å². The summed E-state index contributed by atoms with van der Waals surface area (Å²) in [6.07, 6.45) is 2.24. The first kappa shape index (κ1) is 21.8. The standard InChI is InChI=1S/C24H28N4O4/c1-14(2)31-21-10-7-15(13-19(21)25)24-27-23(28-32-24)18-6-4-5-17-16(18)8-9-20(17)26-12-11-22(29)30-3/h4-7,10,13-14,20,26H,8-9,11-12,25H2,1-3H3. The number of methoxy groups -OCH3 is 1. The first-order chi connectivity index (χ1) is 15.5. The largest absolute Gasteiger partial charge is 0.489 e. The minimum absolute atomic E-state index is 0.0390. The third-order valence-electron chi connectivity index (χ3n) is 5.50. The van der Waals surface area contributed by atoms with Gasteiger partial charge in [-0.1, -0.05) is 23.4 Å². The third-order valence-corrected chi connectivity index (χ3v) is 5.50. The van der Waals surface area contributed by atoms with Crippen LogP contribution in [0.5, 0.6) is 5.75 Å². The maximum Gasteiger partial charge on any atom is 0.306 e. The molecule has 8 nitrogen and oxygen atoms in total. The molecule has 0 bridgehead atoms. The molecule has 1 aromatic heterocycles. The van der Waals surface area contributed by atoms with Gasteiger partial charge in [0.2, 0.25) is 5.82 Å². The van der Waals surface area contributed by atoms with Gasteiger partial charge in [0.25, 0.3) is 5.89 Å². The van der Waals surface area contributed by atoms with Crippen molar-refractivity contribution in [2.75, 3.05) is 19.4 Å². The number of carbonyl (C=O) groups is 1. The Balaban J connectivity index is 1.53. The second-order valence-electron chi connectivity index (χ2n) is 8.09. The number of hydrogen-bond acceptors (Lipinski definition) is 8. The summed E-state index contributed by atoms with van der Waals surface area (Å²) in [6, 6.07) is 11.8. The molecule has 0 saturated heterocycles. The number of esters is 1. The molecule has 0 aliphatic heterocycles. The van der Waals surface area contributed by atoms with Gasteiger partial charge in [-0.3, -0.25) is 4.79 Å². The molecule has 1 heterocycles. The highest BCUT2D eigenvalue weighted by Crippen LogP contribution is 2.37. The third kappa shape index (κ3) is 4.60. The molecule has 0 amide bonds. The first-order valence-electron chi connectivity index (χ1n) is 10.8. The van der Waals surface area contributed by atoms with E-state index >= 15 is 0 Å². The number of nitrogens with one attached hydrogen (secondary N) is 1. The van der Waals surface area contributed by atoms with Crippen molar-refractivity contribution >= 4 is 11.7 Å². The van der Waals surface area contributed by atoms with Crippen molar-refractivity contribution in [3.8, 4) is 28.6 Å². The van der Waals surface area contributed by atoms with E-state index in [2.05, 4.69) is 21.5 Å². The number of ether oxygens (including phenoxy) is 2. The minimum Gasteiger partial charge on any atom is -0.489 e. The quantitative estimate of drug-likeness (QED) is 0.404. The van der Waals surface area contributed by atoms with E-state index in [1.165, 1.54) is 18.2 Å². The molecule has 8 heteroatoms. The van der Waals surface area contributed by atoms with Crippen molar-refractivity contribution in [2.24, 2.45) is 0 Å². The highest BCUT2D eigenvalue weighted by Gasteiger charge is 2.26. The highest BCUT2D eigenvalue weighted by molar-refractivity contribution is 5.70. The van der Waals surface area contributed by atoms with Crippen LogP contribution in [0.15, 0.2) is 40.9 Å². The van der Waals surface area contributed by atoms with Gasteiger partial charge in [0, 0.05) is 23.7 Å². The van der Waals surface area contributed by atoms with Crippen molar-refractivity contribution in [3.05, 3.63) is 47.5 Å². The smallest absolute Gasteiger partial charge is 0.306 e. The number of nitrogens with zero attached hydrogens (tertiary/aromatic N) is 2. The zero-order valence-corrected chi connectivity index (χ0v) is 18.6. The Kier molecular flexibility index (Phi) is 6.41. The molecule has 32 heavy (non-hydrogen) atoms. The molecule has 0 fully saturated rings. The molecule has 168 valence electrons. The first-order valence-corrected chi connectivity index (χ1v) is 10.8. The normalized spacial score (nSPS) is 15.1. The van der Waals surface area contributed by atoms with Gasteiger partial charge in [0.15, 0.2) is 0 Å². The number of nitrogen functional groups attached to an aromatic ring is 1. The lowest BCUT2D eigenvalue weighted by atomic mass is 10.0. The second-order valence-corrected chi connectivity index (χ2v) is 8.09. The van der Waals surface area contributed by atoms with Crippen molar-refractivity contribution in [2.45, 2.75) is 45.3 Å². The lowest BCUT2D eigenvalue weighted by Crippen LogP contribution is -2.22. The van der Waals surface area contributed by atoms with Crippen LogP contribution >= 0.6 is 0 Å². The molecule has 0 saturated carbocycles. The Labute approximate surface area is 187 Å². The van der Waals surface area contributed by atoms with E-state index in [1.54, 1.807) is 6.07 Å². The fourth-order valence-electron chi connectivity index (χ4n) is 4.02. The SMILES string of the molecule is COC(=O)CCNC1CCc2c(-c3noc(-c4ccc(OC(C)C)c(N)c4)n3)cccc21. The lowest BCUT2D eigenvalue weighted by molar-refractivity contribution is -0.140. The predicted octanol–water partition coefficient (Wildman–Crippen LogP) is 3.91. The molecular formula is C24H28N4O4. The number of carbonyl (C=O) groups excluding carboxylic acids is 1. The van der Waals surface area contributed by atoms with E-state index < -0.39 is 0 Å². The Hall–Kier alpha value is -3.39. The lowest BCUT2D eigenvalue weighted by Gasteiger charge is -2.14. The highest BCUT2D eigenvalue weighted by atomic mass is 16.5. The van der Waals surface area contributed by atoms with Crippen LogP contribution in [0.3, 0.4) is 0 Å². The maximum atomic E-state index is 11.4. The van der Waals surface area contributed by atoms with Gasteiger partial charge in [-0.05, 0) is 56.0 Å². The molecular weight excluding hydrogens is 408 g/mol. The van der Waals surface area contributed by atoms with Crippen LogP contribution in [0.2, 0.25) is 0 Å². The fourth-order valence-corrected chi connectivity index (χ4v) is 4.02. The molecule has 3 N–H and O–H groups in total. The number of anilines is 1. The molecule has 1 aliphatic carbocycles. The molecule has 0 spiro atoms. The van der Waals surface area contributed by atoms with Crippen molar-refractivity contribution in [1.29, 1.82) is 0 Å². The number of nitrogens with two attached hydrogens (primary N) is 1.